The van der Waals surface area contributed by atoms with E-state index in [1.54, 1.807) is 13.8 Å². The minimum atomic E-state index is -2.54. The number of hydrogen-bond donors (Lipinski definition) is 1. The summed E-state index contributed by atoms with van der Waals surface area (Å²) in [6.07, 6.45) is 3.89. The van der Waals surface area contributed by atoms with Crippen molar-refractivity contribution in [3.8, 4) is 0 Å². The van der Waals surface area contributed by atoms with Gasteiger partial charge in [-0.3, -0.25) is 4.79 Å². The predicted molar refractivity (Wildman–Crippen MR) is 102 cm³/mol. The SMILES string of the molecule is Cc1nc(SC(F)F)nc(C)c1CCC(=O)N[C@H]1CCCc2ccccc21. The molecule has 1 heterocycles. The fourth-order valence-electron chi connectivity index (χ4n) is 3.61. The summed E-state index contributed by atoms with van der Waals surface area (Å²) in [7, 11) is 0. The molecule has 1 aliphatic carbocycles. The summed E-state index contributed by atoms with van der Waals surface area (Å²) in [5.74, 6) is -2.56. The maximum atomic E-state index is 12.5. The summed E-state index contributed by atoms with van der Waals surface area (Å²) in [6.45, 7) is 3.55. The Balaban J connectivity index is 1.62. The molecule has 0 saturated carbocycles. The Labute approximate surface area is 162 Å². The number of nitrogens with zero attached hydrogens (tertiary/aromatic N) is 2. The lowest BCUT2D eigenvalue weighted by atomic mass is 9.87. The molecule has 0 aliphatic heterocycles. The van der Waals surface area contributed by atoms with Gasteiger partial charge in [-0.15, -0.1) is 0 Å². The third kappa shape index (κ3) is 5.03. The Kier molecular flexibility index (Phi) is 6.42. The lowest BCUT2D eigenvalue weighted by Crippen LogP contribution is -2.31. The van der Waals surface area contributed by atoms with Gasteiger partial charge in [0.05, 0.1) is 6.04 Å². The summed E-state index contributed by atoms with van der Waals surface area (Å²) in [5, 5.41) is 3.21. The molecule has 0 fully saturated rings. The Bertz CT molecular complexity index is 806. The number of aromatic nitrogens is 2. The number of carbonyl (C=O) groups excluding carboxylic acids is 1. The highest BCUT2D eigenvalue weighted by molar-refractivity contribution is 7.99. The summed E-state index contributed by atoms with van der Waals surface area (Å²) in [4.78, 5) is 20.7. The van der Waals surface area contributed by atoms with Crippen molar-refractivity contribution < 1.29 is 13.6 Å². The molecule has 0 spiro atoms. The minimum absolute atomic E-state index is 0.0125. The largest absolute Gasteiger partial charge is 0.349 e. The van der Waals surface area contributed by atoms with Gasteiger partial charge in [-0.25, -0.2) is 9.97 Å². The first-order valence-corrected chi connectivity index (χ1v) is 9.98. The van der Waals surface area contributed by atoms with Crippen molar-refractivity contribution in [3.63, 3.8) is 0 Å². The zero-order chi connectivity index (χ0) is 19.4. The molecule has 1 aromatic heterocycles. The second kappa shape index (κ2) is 8.78. The van der Waals surface area contributed by atoms with Crippen LogP contribution < -0.4 is 5.32 Å². The van der Waals surface area contributed by atoms with Crippen molar-refractivity contribution in [3.05, 3.63) is 52.3 Å². The molecule has 1 aliphatic rings. The maximum absolute atomic E-state index is 12.5. The number of benzene rings is 1. The normalized spacial score (nSPS) is 16.3. The van der Waals surface area contributed by atoms with Crippen LogP contribution in [0.15, 0.2) is 29.4 Å². The molecule has 1 aromatic carbocycles. The fourth-order valence-corrected chi connectivity index (χ4v) is 4.15. The molecule has 0 saturated heterocycles. The molecule has 3 rings (SSSR count). The van der Waals surface area contributed by atoms with E-state index in [1.807, 2.05) is 12.1 Å². The first kappa shape index (κ1) is 19.7. The van der Waals surface area contributed by atoms with Gasteiger partial charge < -0.3 is 5.32 Å². The molecular weight excluding hydrogens is 368 g/mol. The number of alkyl halides is 2. The Hall–Kier alpha value is -2.02. The average Bonchev–Trinajstić information content (AvgIpc) is 2.61. The number of aryl methyl sites for hydroxylation is 3. The topological polar surface area (TPSA) is 54.9 Å². The van der Waals surface area contributed by atoms with Crippen molar-refractivity contribution in [1.29, 1.82) is 0 Å². The minimum Gasteiger partial charge on any atom is -0.349 e. The molecule has 1 amide bonds. The van der Waals surface area contributed by atoms with E-state index >= 15 is 0 Å². The quantitative estimate of drug-likeness (QED) is 0.580. The highest BCUT2D eigenvalue weighted by atomic mass is 32.2. The van der Waals surface area contributed by atoms with Gasteiger partial charge in [0.2, 0.25) is 5.91 Å². The molecule has 0 radical (unpaired) electrons. The van der Waals surface area contributed by atoms with E-state index in [0.717, 1.165) is 24.8 Å². The van der Waals surface area contributed by atoms with Gasteiger partial charge in [0, 0.05) is 17.8 Å². The summed E-state index contributed by atoms with van der Waals surface area (Å²) < 4.78 is 25.0. The van der Waals surface area contributed by atoms with Crippen molar-refractivity contribution in [2.24, 2.45) is 0 Å². The Morgan fingerprint density at radius 2 is 1.96 bits per heavy atom. The third-order valence-electron chi connectivity index (χ3n) is 4.90. The standard InChI is InChI=1S/C20H23F2N3OS/c1-12-15(13(2)24-20(23-12)27-19(21)22)10-11-18(26)25-17-9-5-7-14-6-3-4-8-16(14)17/h3-4,6,8,17,19H,5,7,9-11H2,1-2H3,(H,25,26)/t17-/m0/s1. The number of halogens is 2. The number of carbonyl (C=O) groups is 1. The van der Waals surface area contributed by atoms with Crippen LogP contribution in [0.3, 0.4) is 0 Å². The van der Waals surface area contributed by atoms with E-state index in [2.05, 4.69) is 27.4 Å². The molecule has 0 unspecified atom stereocenters. The Morgan fingerprint density at radius 3 is 2.67 bits per heavy atom. The monoisotopic (exact) mass is 391 g/mol. The first-order valence-electron chi connectivity index (χ1n) is 9.10. The molecule has 1 atom stereocenters. The van der Waals surface area contributed by atoms with Crippen LogP contribution in [0.5, 0.6) is 0 Å². The summed E-state index contributed by atoms with van der Waals surface area (Å²) in [6, 6.07) is 8.31. The van der Waals surface area contributed by atoms with E-state index in [0.29, 0.717) is 36.0 Å². The maximum Gasteiger partial charge on any atom is 0.291 e. The number of hydrogen-bond acceptors (Lipinski definition) is 4. The van der Waals surface area contributed by atoms with Crippen LogP contribution in [0, 0.1) is 13.8 Å². The van der Waals surface area contributed by atoms with E-state index in [4.69, 9.17) is 0 Å². The number of thioether (sulfide) groups is 1. The number of rotatable bonds is 6. The van der Waals surface area contributed by atoms with Gasteiger partial charge >= 0.3 is 0 Å². The van der Waals surface area contributed by atoms with E-state index in [-0.39, 0.29) is 17.1 Å². The van der Waals surface area contributed by atoms with Gasteiger partial charge in [0.15, 0.2) is 5.16 Å². The summed E-state index contributed by atoms with van der Waals surface area (Å²) in [5.41, 5.74) is 4.68. The van der Waals surface area contributed by atoms with Crippen molar-refractivity contribution >= 4 is 17.7 Å². The molecule has 2 aromatic rings. The van der Waals surface area contributed by atoms with Crippen molar-refractivity contribution in [2.75, 3.05) is 0 Å². The number of nitrogens with one attached hydrogen (secondary N) is 1. The van der Waals surface area contributed by atoms with Crippen LogP contribution in [0.25, 0.3) is 0 Å². The van der Waals surface area contributed by atoms with E-state index < -0.39 is 5.76 Å². The molecule has 27 heavy (non-hydrogen) atoms. The lowest BCUT2D eigenvalue weighted by Gasteiger charge is -2.26. The number of fused-ring (bicyclic) bond motifs is 1. The summed E-state index contributed by atoms with van der Waals surface area (Å²) >= 11 is 0.342. The zero-order valence-corrected chi connectivity index (χ0v) is 16.3. The van der Waals surface area contributed by atoms with Crippen LogP contribution in [0.1, 0.15) is 53.4 Å². The predicted octanol–water partition coefficient (Wildman–Crippen LogP) is 4.53. The molecule has 7 heteroatoms. The average molecular weight is 391 g/mol. The highest BCUT2D eigenvalue weighted by Crippen LogP contribution is 2.29. The van der Waals surface area contributed by atoms with Crippen molar-refractivity contribution in [1.82, 2.24) is 15.3 Å². The second-order valence-electron chi connectivity index (χ2n) is 6.75. The smallest absolute Gasteiger partial charge is 0.291 e. The molecule has 144 valence electrons. The second-order valence-corrected chi connectivity index (χ2v) is 7.70. The van der Waals surface area contributed by atoms with E-state index in [9.17, 15) is 13.6 Å². The van der Waals surface area contributed by atoms with Gasteiger partial charge in [0.1, 0.15) is 0 Å². The van der Waals surface area contributed by atoms with E-state index in [1.165, 1.54) is 11.1 Å². The third-order valence-corrected chi connectivity index (χ3v) is 5.47. The van der Waals surface area contributed by atoms with Crippen LogP contribution in [-0.4, -0.2) is 21.6 Å². The van der Waals surface area contributed by atoms with Crippen LogP contribution in [-0.2, 0) is 17.6 Å². The van der Waals surface area contributed by atoms with Crippen molar-refractivity contribution in [2.45, 2.75) is 62.9 Å². The van der Waals surface area contributed by atoms with Crippen LogP contribution in [0.2, 0.25) is 0 Å². The van der Waals surface area contributed by atoms with Crippen LogP contribution in [0.4, 0.5) is 8.78 Å². The highest BCUT2D eigenvalue weighted by Gasteiger charge is 2.21. The van der Waals surface area contributed by atoms with Gasteiger partial charge in [-0.2, -0.15) is 8.78 Å². The molecule has 4 nitrogen and oxygen atoms in total. The Morgan fingerprint density at radius 1 is 1.26 bits per heavy atom. The molecule has 1 N–H and O–H groups in total. The van der Waals surface area contributed by atoms with Gasteiger partial charge in [-0.1, -0.05) is 24.3 Å². The first-order chi connectivity index (χ1) is 12.9. The van der Waals surface area contributed by atoms with Gasteiger partial charge in [-0.05, 0) is 68.0 Å². The lowest BCUT2D eigenvalue weighted by molar-refractivity contribution is -0.121. The fraction of sp³-hybridized carbons (Fsp3) is 0.450. The zero-order valence-electron chi connectivity index (χ0n) is 15.5. The van der Waals surface area contributed by atoms with Crippen LogP contribution >= 0.6 is 11.8 Å². The number of amides is 1. The molecule has 0 bridgehead atoms. The molecular formula is C20H23F2N3OS. The van der Waals surface area contributed by atoms with Gasteiger partial charge in [0.25, 0.3) is 5.76 Å².